The maximum absolute atomic E-state index is 10.8. The Balaban J connectivity index is 2.14. The predicted molar refractivity (Wildman–Crippen MR) is 91.4 cm³/mol. The number of benzene rings is 2. The predicted octanol–water partition coefficient (Wildman–Crippen LogP) is 2.63. The quantitative estimate of drug-likeness (QED) is 0.717. The van der Waals surface area contributed by atoms with E-state index in [4.69, 9.17) is 9.47 Å². The van der Waals surface area contributed by atoms with Crippen LogP contribution >= 0.6 is 0 Å². The van der Waals surface area contributed by atoms with Crippen molar-refractivity contribution in [2.45, 2.75) is 13.5 Å². The van der Waals surface area contributed by atoms with Gasteiger partial charge in [-0.1, -0.05) is 36.9 Å². The zero-order valence-corrected chi connectivity index (χ0v) is 13.6. The van der Waals surface area contributed by atoms with Gasteiger partial charge in [-0.05, 0) is 30.7 Å². The molecule has 0 aliphatic heterocycles. The molecule has 126 valence electrons. The van der Waals surface area contributed by atoms with Gasteiger partial charge in [-0.2, -0.15) is 0 Å². The average Bonchev–Trinajstić information content (AvgIpc) is 2.59. The first-order chi connectivity index (χ1) is 11.7. The highest BCUT2D eigenvalue weighted by Crippen LogP contribution is 2.32. The Bertz CT molecular complexity index is 695. The number of carbonyl (C=O) groups excluding carboxylic acids is 1. The molecule has 0 atom stereocenters. The van der Waals surface area contributed by atoms with Crippen LogP contribution in [0.1, 0.15) is 22.8 Å². The maximum atomic E-state index is 10.8. The number of carboxylic acids is 1. The van der Waals surface area contributed by atoms with Gasteiger partial charge in [0, 0.05) is 17.8 Å². The van der Waals surface area contributed by atoms with Crippen LogP contribution in [0.2, 0.25) is 0 Å². The number of carboxylic acid groups (broad SMARTS) is 1. The van der Waals surface area contributed by atoms with Crippen LogP contribution in [0.25, 0.3) is 0 Å². The number of carbonyl (C=O) groups is 1. The van der Waals surface area contributed by atoms with E-state index in [-0.39, 0.29) is 5.56 Å². The van der Waals surface area contributed by atoms with Crippen molar-refractivity contribution in [2.75, 3.05) is 18.5 Å². The lowest BCUT2D eigenvalue weighted by Crippen LogP contribution is -2.21. The summed E-state index contributed by atoms with van der Waals surface area (Å²) in [5.41, 5.74) is 1.89. The molecule has 0 aliphatic carbocycles. The number of rotatable bonds is 9. The van der Waals surface area contributed by atoms with Gasteiger partial charge in [0.1, 0.15) is 6.61 Å². The minimum atomic E-state index is -1.19. The molecule has 0 saturated carbocycles. The van der Waals surface area contributed by atoms with Crippen molar-refractivity contribution >= 4 is 11.7 Å². The first-order valence-corrected chi connectivity index (χ1v) is 7.69. The molecule has 2 rings (SSSR count). The van der Waals surface area contributed by atoms with Crippen molar-refractivity contribution in [3.05, 3.63) is 66.2 Å². The van der Waals surface area contributed by atoms with Gasteiger partial charge in [-0.15, -0.1) is 0 Å². The van der Waals surface area contributed by atoms with Gasteiger partial charge in [0.15, 0.2) is 11.5 Å². The molecule has 24 heavy (non-hydrogen) atoms. The minimum Gasteiger partial charge on any atom is -0.545 e. The molecule has 0 saturated heterocycles. The number of aromatic carboxylic acids is 1. The molecule has 0 unspecified atom stereocenters. The lowest BCUT2D eigenvalue weighted by molar-refractivity contribution is -0.255. The van der Waals surface area contributed by atoms with E-state index in [0.29, 0.717) is 31.3 Å². The van der Waals surface area contributed by atoms with E-state index < -0.39 is 5.97 Å². The smallest absolute Gasteiger partial charge is 0.166 e. The van der Waals surface area contributed by atoms with Crippen LogP contribution in [-0.2, 0) is 6.54 Å². The van der Waals surface area contributed by atoms with Crippen molar-refractivity contribution in [2.24, 2.45) is 0 Å². The third-order valence-electron chi connectivity index (χ3n) is 3.31. The van der Waals surface area contributed by atoms with E-state index in [1.807, 2.05) is 25.1 Å². The Hall–Kier alpha value is -2.95. The molecule has 0 aliphatic rings. The summed E-state index contributed by atoms with van der Waals surface area (Å²) in [7, 11) is 0. The van der Waals surface area contributed by atoms with Gasteiger partial charge >= 0.3 is 0 Å². The maximum Gasteiger partial charge on any atom is 0.166 e. The number of anilines is 1. The molecule has 0 spiro atoms. The van der Waals surface area contributed by atoms with Gasteiger partial charge in [0.05, 0.1) is 12.6 Å². The molecule has 0 bridgehead atoms. The molecular weight excluding hydrogens is 306 g/mol. The van der Waals surface area contributed by atoms with Crippen LogP contribution in [0.15, 0.2) is 55.1 Å². The van der Waals surface area contributed by atoms with Crippen molar-refractivity contribution < 1.29 is 19.4 Å². The molecule has 1 N–H and O–H groups in total. The van der Waals surface area contributed by atoms with Crippen LogP contribution in [0, 0.1) is 0 Å². The molecule has 2 aromatic carbocycles. The minimum absolute atomic E-state index is 0.147. The second-order valence-corrected chi connectivity index (χ2v) is 5.00. The molecule has 0 radical (unpaired) electrons. The number of hydrogen-bond acceptors (Lipinski definition) is 5. The monoisotopic (exact) mass is 326 g/mol. The second-order valence-electron chi connectivity index (χ2n) is 5.00. The van der Waals surface area contributed by atoms with Crippen LogP contribution in [0.4, 0.5) is 5.69 Å². The first kappa shape index (κ1) is 17.4. The Morgan fingerprint density at radius 1 is 1.21 bits per heavy atom. The molecule has 5 heteroatoms. The van der Waals surface area contributed by atoms with E-state index in [1.165, 1.54) is 12.1 Å². The first-order valence-electron chi connectivity index (χ1n) is 7.69. The van der Waals surface area contributed by atoms with Crippen molar-refractivity contribution in [3.63, 3.8) is 0 Å². The summed E-state index contributed by atoms with van der Waals surface area (Å²) < 4.78 is 11.3. The normalized spacial score (nSPS) is 10.0. The average molecular weight is 326 g/mol. The zero-order valence-electron chi connectivity index (χ0n) is 13.6. The van der Waals surface area contributed by atoms with Crippen molar-refractivity contribution in [1.29, 1.82) is 0 Å². The molecule has 0 fully saturated rings. The fraction of sp³-hybridized carbons (Fsp3) is 0.211. The number of nitrogens with one attached hydrogen (secondary N) is 1. The fourth-order valence-electron chi connectivity index (χ4n) is 2.20. The van der Waals surface area contributed by atoms with Gasteiger partial charge in [0.25, 0.3) is 0 Å². The Morgan fingerprint density at radius 2 is 1.96 bits per heavy atom. The van der Waals surface area contributed by atoms with Gasteiger partial charge in [0.2, 0.25) is 0 Å². The highest BCUT2D eigenvalue weighted by molar-refractivity contribution is 5.86. The summed E-state index contributed by atoms with van der Waals surface area (Å²) >= 11 is 0. The zero-order chi connectivity index (χ0) is 17.4. The van der Waals surface area contributed by atoms with Crippen LogP contribution < -0.4 is 19.9 Å². The molecule has 0 heterocycles. The van der Waals surface area contributed by atoms with Gasteiger partial charge in [-0.3, -0.25) is 0 Å². The van der Waals surface area contributed by atoms with Gasteiger partial charge < -0.3 is 24.7 Å². The summed E-state index contributed by atoms with van der Waals surface area (Å²) in [5.74, 6) is 0.176. The number of ether oxygens (including phenoxy) is 2. The highest BCUT2D eigenvalue weighted by Gasteiger charge is 2.10. The topological polar surface area (TPSA) is 70.6 Å². The van der Waals surface area contributed by atoms with Gasteiger partial charge in [-0.25, -0.2) is 0 Å². The lowest BCUT2D eigenvalue weighted by atomic mass is 10.1. The molecular formula is C19H20NO4-. The Labute approximate surface area is 141 Å². The van der Waals surface area contributed by atoms with Crippen molar-refractivity contribution in [1.82, 2.24) is 0 Å². The van der Waals surface area contributed by atoms with E-state index >= 15 is 0 Å². The largest absolute Gasteiger partial charge is 0.545 e. The van der Waals surface area contributed by atoms with E-state index in [9.17, 15) is 9.90 Å². The number of para-hydroxylation sites is 1. The highest BCUT2D eigenvalue weighted by atomic mass is 16.5. The van der Waals surface area contributed by atoms with E-state index in [0.717, 1.165) is 11.3 Å². The third kappa shape index (κ3) is 4.52. The molecule has 0 aromatic heterocycles. The SMILES string of the molecule is C=CCOc1c(CNc2ccc(C(=O)[O-])cc2)cccc1OCC. The van der Waals surface area contributed by atoms with Crippen LogP contribution in [-0.4, -0.2) is 19.2 Å². The van der Waals surface area contributed by atoms with E-state index in [1.54, 1.807) is 18.2 Å². The second kappa shape index (κ2) is 8.62. The number of hydrogen-bond donors (Lipinski definition) is 1. The fourth-order valence-corrected chi connectivity index (χ4v) is 2.20. The molecule has 0 amide bonds. The summed E-state index contributed by atoms with van der Waals surface area (Å²) in [6.07, 6.45) is 1.68. The lowest BCUT2D eigenvalue weighted by Gasteiger charge is -2.16. The standard InChI is InChI=1S/C19H21NO4/c1-3-12-24-18-15(6-5-7-17(18)23-4-2)13-20-16-10-8-14(9-11-16)19(21)22/h3,5-11,20H,1,4,12-13H2,2H3,(H,21,22)/p-1. The van der Waals surface area contributed by atoms with E-state index in [2.05, 4.69) is 11.9 Å². The van der Waals surface area contributed by atoms with Crippen LogP contribution in [0.3, 0.4) is 0 Å². The summed E-state index contributed by atoms with van der Waals surface area (Å²) in [6, 6.07) is 12.1. The third-order valence-corrected chi connectivity index (χ3v) is 3.31. The summed E-state index contributed by atoms with van der Waals surface area (Å²) in [5, 5.41) is 14.0. The summed E-state index contributed by atoms with van der Waals surface area (Å²) in [4.78, 5) is 10.8. The Morgan fingerprint density at radius 3 is 2.58 bits per heavy atom. The van der Waals surface area contributed by atoms with Crippen molar-refractivity contribution in [3.8, 4) is 11.5 Å². The molecule has 2 aromatic rings. The molecule has 5 nitrogen and oxygen atoms in total. The Kier molecular flexibility index (Phi) is 6.25. The van der Waals surface area contributed by atoms with Crippen LogP contribution in [0.5, 0.6) is 11.5 Å². The summed E-state index contributed by atoms with van der Waals surface area (Å²) in [6.45, 7) is 7.03.